The van der Waals surface area contributed by atoms with Crippen molar-refractivity contribution in [2.24, 2.45) is 0 Å². The van der Waals surface area contributed by atoms with Gasteiger partial charge in [-0.05, 0) is 46.9 Å². The van der Waals surface area contributed by atoms with Crippen molar-refractivity contribution in [2.75, 3.05) is 6.54 Å². The Morgan fingerprint density at radius 1 is 1.06 bits per heavy atom. The Kier molecular flexibility index (Phi) is 6.07. The molecular weight excluding hydrogens is 448 g/mol. The Balaban J connectivity index is 1.46. The number of hydrogen-bond acceptors (Lipinski definition) is 4. The van der Waals surface area contributed by atoms with Gasteiger partial charge in [0.15, 0.2) is 0 Å². The van der Waals surface area contributed by atoms with E-state index in [2.05, 4.69) is 48.4 Å². The van der Waals surface area contributed by atoms with E-state index in [1.807, 2.05) is 30.3 Å². The van der Waals surface area contributed by atoms with Gasteiger partial charge < -0.3 is 10.1 Å². The molecule has 34 heavy (non-hydrogen) atoms. The molecule has 0 saturated carbocycles. The summed E-state index contributed by atoms with van der Waals surface area (Å²) in [6.07, 6.45) is 3.43. The Morgan fingerprint density at radius 2 is 1.82 bits per heavy atom. The number of pyridine rings is 1. The lowest BCUT2D eigenvalue weighted by atomic mass is 9.98. The summed E-state index contributed by atoms with van der Waals surface area (Å²) in [4.78, 5) is 16.9. The zero-order valence-corrected chi connectivity index (χ0v) is 19.8. The molecule has 0 unspecified atom stereocenters. The highest BCUT2D eigenvalue weighted by Crippen LogP contribution is 2.38. The number of rotatable bonds is 6. The van der Waals surface area contributed by atoms with Gasteiger partial charge in [-0.25, -0.2) is 0 Å². The molecule has 2 aromatic carbocycles. The molecule has 1 N–H and O–H groups in total. The van der Waals surface area contributed by atoms with Gasteiger partial charge in [0.05, 0.1) is 11.6 Å². The molecule has 172 valence electrons. The van der Waals surface area contributed by atoms with E-state index < -0.39 is 0 Å². The number of carbonyl (C=O) groups excluding carboxylic acids is 1. The molecule has 5 rings (SSSR count). The number of fused-ring (bicyclic) bond motifs is 1. The van der Waals surface area contributed by atoms with Crippen LogP contribution in [0.3, 0.4) is 0 Å². The van der Waals surface area contributed by atoms with Crippen LogP contribution in [-0.4, -0.2) is 27.2 Å². The van der Waals surface area contributed by atoms with E-state index in [0.29, 0.717) is 42.1 Å². The van der Waals surface area contributed by atoms with E-state index in [-0.39, 0.29) is 5.91 Å². The number of benzene rings is 2. The van der Waals surface area contributed by atoms with Crippen molar-refractivity contribution in [3.05, 3.63) is 88.8 Å². The number of ether oxygens (including phenoxy) is 1. The molecule has 0 bridgehead atoms. The maximum Gasteiger partial charge on any atom is 0.270 e. The summed E-state index contributed by atoms with van der Waals surface area (Å²) >= 11 is 6.63. The Hall–Kier alpha value is -3.64. The second kappa shape index (κ2) is 9.31. The van der Waals surface area contributed by atoms with Crippen LogP contribution in [0.15, 0.2) is 67.0 Å². The van der Waals surface area contributed by atoms with Gasteiger partial charge in [-0.1, -0.05) is 55.8 Å². The third-order valence-electron chi connectivity index (χ3n) is 5.99. The van der Waals surface area contributed by atoms with Crippen LogP contribution in [0.5, 0.6) is 5.75 Å². The quantitative estimate of drug-likeness (QED) is 0.390. The highest BCUT2D eigenvalue weighted by Gasteiger charge is 2.28. The standard InChI is InChI=1S/C27H25ClN4O2/c1-17(2)19-5-3-18(4-6-19)16-34-23-8-7-21(15-22(23)28)24-25(20-9-11-29-12-10-20)31-32-14-13-30-27(33)26(24)32/h3-12,15,17H,13-14,16H2,1-2H3,(H,30,33). The second-order valence-corrected chi connectivity index (χ2v) is 9.02. The minimum Gasteiger partial charge on any atom is -0.487 e. The summed E-state index contributed by atoms with van der Waals surface area (Å²) in [7, 11) is 0. The molecule has 1 aliphatic rings. The number of carbonyl (C=O) groups is 1. The zero-order valence-electron chi connectivity index (χ0n) is 19.1. The summed E-state index contributed by atoms with van der Waals surface area (Å²) in [5.41, 5.74) is 6.08. The van der Waals surface area contributed by atoms with E-state index >= 15 is 0 Å². The van der Waals surface area contributed by atoms with Gasteiger partial charge in [0.1, 0.15) is 23.7 Å². The van der Waals surface area contributed by atoms with E-state index in [1.165, 1.54) is 5.56 Å². The van der Waals surface area contributed by atoms with Gasteiger partial charge in [-0.2, -0.15) is 5.10 Å². The molecule has 2 aromatic heterocycles. The molecule has 0 spiro atoms. The zero-order chi connectivity index (χ0) is 23.7. The normalized spacial score (nSPS) is 13.0. The van der Waals surface area contributed by atoms with E-state index in [0.717, 1.165) is 27.9 Å². The summed E-state index contributed by atoms with van der Waals surface area (Å²) in [5, 5.41) is 8.15. The number of aromatic nitrogens is 3. The molecule has 1 amide bonds. The summed E-state index contributed by atoms with van der Waals surface area (Å²) in [6, 6.07) is 17.8. The van der Waals surface area contributed by atoms with Gasteiger partial charge in [0, 0.05) is 30.1 Å². The monoisotopic (exact) mass is 472 g/mol. The Bertz CT molecular complexity index is 1330. The van der Waals surface area contributed by atoms with Gasteiger partial charge in [0.25, 0.3) is 5.91 Å². The maximum atomic E-state index is 12.8. The SMILES string of the molecule is CC(C)c1ccc(COc2ccc(-c3c(-c4ccncc4)nn4c3C(=O)NCC4)cc2Cl)cc1. The first-order valence-corrected chi connectivity index (χ1v) is 11.7. The Labute approximate surface area is 203 Å². The average Bonchev–Trinajstić information content (AvgIpc) is 3.25. The first-order chi connectivity index (χ1) is 16.5. The van der Waals surface area contributed by atoms with Crippen LogP contribution in [0.4, 0.5) is 0 Å². The van der Waals surface area contributed by atoms with Crippen molar-refractivity contribution >= 4 is 17.5 Å². The van der Waals surface area contributed by atoms with Crippen molar-refractivity contribution in [1.29, 1.82) is 0 Å². The molecule has 0 saturated heterocycles. The van der Waals surface area contributed by atoms with Gasteiger partial charge in [-0.15, -0.1) is 0 Å². The van der Waals surface area contributed by atoms with Gasteiger partial charge in [0.2, 0.25) is 0 Å². The average molecular weight is 473 g/mol. The van der Waals surface area contributed by atoms with Crippen molar-refractivity contribution in [2.45, 2.75) is 32.9 Å². The molecule has 4 aromatic rings. The van der Waals surface area contributed by atoms with Crippen LogP contribution in [0.25, 0.3) is 22.4 Å². The van der Waals surface area contributed by atoms with E-state index in [1.54, 1.807) is 17.1 Å². The second-order valence-electron chi connectivity index (χ2n) is 8.62. The van der Waals surface area contributed by atoms with E-state index in [4.69, 9.17) is 21.4 Å². The van der Waals surface area contributed by atoms with Crippen molar-refractivity contribution in [1.82, 2.24) is 20.1 Å². The van der Waals surface area contributed by atoms with Crippen molar-refractivity contribution in [3.8, 4) is 28.1 Å². The fourth-order valence-corrected chi connectivity index (χ4v) is 4.37. The molecule has 3 heterocycles. The molecule has 7 heteroatoms. The van der Waals surface area contributed by atoms with Crippen molar-refractivity contribution < 1.29 is 9.53 Å². The minimum absolute atomic E-state index is 0.143. The molecule has 0 radical (unpaired) electrons. The number of halogens is 1. The Morgan fingerprint density at radius 3 is 2.53 bits per heavy atom. The highest BCUT2D eigenvalue weighted by atomic mass is 35.5. The molecule has 0 atom stereocenters. The topological polar surface area (TPSA) is 69.0 Å². The van der Waals surface area contributed by atoms with Crippen LogP contribution in [-0.2, 0) is 13.2 Å². The predicted octanol–water partition coefficient (Wildman–Crippen LogP) is 5.71. The first kappa shape index (κ1) is 22.2. The lowest BCUT2D eigenvalue weighted by Crippen LogP contribution is -2.35. The third-order valence-corrected chi connectivity index (χ3v) is 6.29. The highest BCUT2D eigenvalue weighted by molar-refractivity contribution is 6.32. The molecular formula is C27H25ClN4O2. The first-order valence-electron chi connectivity index (χ1n) is 11.3. The number of amides is 1. The predicted molar refractivity (Wildman–Crippen MR) is 133 cm³/mol. The number of nitrogens with zero attached hydrogens (tertiary/aromatic N) is 3. The summed E-state index contributed by atoms with van der Waals surface area (Å²) in [6.45, 7) is 5.94. The lowest BCUT2D eigenvalue weighted by Gasteiger charge is -2.16. The third kappa shape index (κ3) is 4.29. The minimum atomic E-state index is -0.143. The van der Waals surface area contributed by atoms with Gasteiger partial charge >= 0.3 is 0 Å². The number of nitrogens with one attached hydrogen (secondary N) is 1. The lowest BCUT2D eigenvalue weighted by molar-refractivity contribution is 0.0925. The molecule has 0 aliphatic carbocycles. The molecule has 1 aliphatic heterocycles. The molecule has 0 fully saturated rings. The van der Waals surface area contributed by atoms with Crippen LogP contribution in [0.1, 0.15) is 41.4 Å². The van der Waals surface area contributed by atoms with E-state index in [9.17, 15) is 4.79 Å². The van der Waals surface area contributed by atoms with Crippen LogP contribution in [0, 0.1) is 0 Å². The fraction of sp³-hybridized carbons (Fsp3) is 0.222. The molecule has 6 nitrogen and oxygen atoms in total. The number of hydrogen-bond donors (Lipinski definition) is 1. The summed E-state index contributed by atoms with van der Waals surface area (Å²) < 4.78 is 7.77. The van der Waals surface area contributed by atoms with Crippen LogP contribution >= 0.6 is 11.6 Å². The smallest absolute Gasteiger partial charge is 0.270 e. The summed E-state index contributed by atoms with van der Waals surface area (Å²) in [5.74, 6) is 0.940. The van der Waals surface area contributed by atoms with Crippen LogP contribution in [0.2, 0.25) is 5.02 Å². The van der Waals surface area contributed by atoms with Gasteiger partial charge in [-0.3, -0.25) is 14.5 Å². The maximum absolute atomic E-state index is 12.8. The van der Waals surface area contributed by atoms with Crippen LogP contribution < -0.4 is 10.1 Å². The largest absolute Gasteiger partial charge is 0.487 e. The fourth-order valence-electron chi connectivity index (χ4n) is 4.13. The van der Waals surface area contributed by atoms with Crippen molar-refractivity contribution in [3.63, 3.8) is 0 Å².